The first kappa shape index (κ1) is 16.8. The van der Waals surface area contributed by atoms with Crippen LogP contribution in [0.25, 0.3) is 0 Å². The Morgan fingerprint density at radius 2 is 2.00 bits per heavy atom. The smallest absolute Gasteiger partial charge is 0.0413 e. The van der Waals surface area contributed by atoms with Crippen LogP contribution in [0.1, 0.15) is 25.8 Å². The van der Waals surface area contributed by atoms with E-state index in [1.807, 2.05) is 0 Å². The van der Waals surface area contributed by atoms with Crippen LogP contribution in [0.2, 0.25) is 0 Å². The third-order valence-electron chi connectivity index (χ3n) is 3.97. The zero-order chi connectivity index (χ0) is 15.2. The van der Waals surface area contributed by atoms with Crippen LogP contribution < -0.4 is 10.2 Å². The van der Waals surface area contributed by atoms with Crippen LogP contribution in [0, 0.1) is 5.92 Å². The summed E-state index contributed by atoms with van der Waals surface area (Å²) >= 11 is 3.61. The highest BCUT2D eigenvalue weighted by Gasteiger charge is 2.15. The molecule has 0 amide bonds. The lowest BCUT2D eigenvalue weighted by atomic mass is 10.1. The maximum Gasteiger partial charge on any atom is 0.0413 e. The predicted octanol–water partition coefficient (Wildman–Crippen LogP) is 3.34. The van der Waals surface area contributed by atoms with Gasteiger partial charge in [0.05, 0.1) is 0 Å². The maximum atomic E-state index is 3.61. The van der Waals surface area contributed by atoms with Gasteiger partial charge in [-0.2, -0.15) is 0 Å². The minimum absolute atomic E-state index is 0.687. The van der Waals surface area contributed by atoms with Crippen molar-refractivity contribution in [1.82, 2.24) is 10.2 Å². The SMILES string of the molecule is CC(C)CNCc1cc(Br)ccc1N1CCCN(C)CC1. The number of nitrogens with one attached hydrogen (secondary N) is 1. The van der Waals surface area contributed by atoms with E-state index >= 15 is 0 Å². The Bertz CT molecular complexity index is 448. The van der Waals surface area contributed by atoms with Crippen LogP contribution in [0.5, 0.6) is 0 Å². The Hall–Kier alpha value is -0.580. The summed E-state index contributed by atoms with van der Waals surface area (Å²) in [5.74, 6) is 0.687. The Balaban J connectivity index is 2.09. The minimum Gasteiger partial charge on any atom is -0.370 e. The van der Waals surface area contributed by atoms with Crippen LogP contribution in [0.3, 0.4) is 0 Å². The molecule has 1 aliphatic heterocycles. The van der Waals surface area contributed by atoms with Crippen molar-refractivity contribution in [2.75, 3.05) is 44.7 Å². The molecule has 1 heterocycles. The molecule has 0 aromatic heterocycles. The van der Waals surface area contributed by atoms with Gasteiger partial charge in [-0.1, -0.05) is 29.8 Å². The molecule has 1 N–H and O–H groups in total. The number of rotatable bonds is 5. The van der Waals surface area contributed by atoms with Crippen LogP contribution in [-0.2, 0) is 6.54 Å². The lowest BCUT2D eigenvalue weighted by Gasteiger charge is -2.26. The fourth-order valence-corrected chi connectivity index (χ4v) is 3.20. The number of halogens is 1. The Morgan fingerprint density at radius 3 is 2.76 bits per heavy atom. The average Bonchev–Trinajstić information content (AvgIpc) is 2.63. The van der Waals surface area contributed by atoms with Gasteiger partial charge < -0.3 is 15.1 Å². The van der Waals surface area contributed by atoms with Gasteiger partial charge in [0.1, 0.15) is 0 Å². The topological polar surface area (TPSA) is 18.5 Å². The lowest BCUT2D eigenvalue weighted by Crippen LogP contribution is -2.30. The first-order valence-corrected chi connectivity index (χ1v) is 8.78. The largest absolute Gasteiger partial charge is 0.370 e. The number of hydrogen-bond donors (Lipinski definition) is 1. The Morgan fingerprint density at radius 1 is 1.19 bits per heavy atom. The van der Waals surface area contributed by atoms with Crippen molar-refractivity contribution in [3.63, 3.8) is 0 Å². The summed E-state index contributed by atoms with van der Waals surface area (Å²) < 4.78 is 1.17. The molecule has 1 fully saturated rings. The van der Waals surface area contributed by atoms with Crippen molar-refractivity contribution in [3.8, 4) is 0 Å². The van der Waals surface area contributed by atoms with E-state index in [2.05, 4.69) is 70.1 Å². The van der Waals surface area contributed by atoms with Gasteiger partial charge in [0.2, 0.25) is 0 Å². The zero-order valence-corrected chi connectivity index (χ0v) is 15.1. The third kappa shape index (κ3) is 5.28. The quantitative estimate of drug-likeness (QED) is 0.875. The van der Waals surface area contributed by atoms with E-state index in [4.69, 9.17) is 0 Å². The second-order valence-electron chi connectivity index (χ2n) is 6.44. The molecular weight excluding hydrogens is 326 g/mol. The van der Waals surface area contributed by atoms with Gasteiger partial charge in [0.15, 0.2) is 0 Å². The maximum absolute atomic E-state index is 3.61. The van der Waals surface area contributed by atoms with Crippen molar-refractivity contribution in [1.29, 1.82) is 0 Å². The van der Waals surface area contributed by atoms with E-state index in [0.29, 0.717) is 5.92 Å². The molecule has 0 saturated carbocycles. The second kappa shape index (κ2) is 8.16. The van der Waals surface area contributed by atoms with Crippen molar-refractivity contribution in [2.24, 2.45) is 5.92 Å². The Kier molecular flexibility index (Phi) is 6.52. The number of hydrogen-bond acceptors (Lipinski definition) is 3. The highest BCUT2D eigenvalue weighted by Crippen LogP contribution is 2.25. The molecule has 21 heavy (non-hydrogen) atoms. The molecule has 4 heteroatoms. The number of anilines is 1. The molecular formula is C17H28BrN3. The van der Waals surface area contributed by atoms with Crippen molar-refractivity contribution >= 4 is 21.6 Å². The fourth-order valence-electron chi connectivity index (χ4n) is 2.79. The van der Waals surface area contributed by atoms with Crippen molar-refractivity contribution < 1.29 is 0 Å². The second-order valence-corrected chi connectivity index (χ2v) is 7.36. The molecule has 1 aromatic rings. The third-order valence-corrected chi connectivity index (χ3v) is 4.46. The van der Waals surface area contributed by atoms with Gasteiger partial charge in [-0.25, -0.2) is 0 Å². The van der Waals surface area contributed by atoms with E-state index in [0.717, 1.165) is 32.7 Å². The lowest BCUT2D eigenvalue weighted by molar-refractivity contribution is 0.360. The highest BCUT2D eigenvalue weighted by atomic mass is 79.9. The number of benzene rings is 1. The van der Waals surface area contributed by atoms with Gasteiger partial charge >= 0.3 is 0 Å². The van der Waals surface area contributed by atoms with Crippen molar-refractivity contribution in [2.45, 2.75) is 26.8 Å². The summed E-state index contributed by atoms with van der Waals surface area (Å²) in [5.41, 5.74) is 2.79. The number of nitrogens with zero attached hydrogens (tertiary/aromatic N) is 2. The molecule has 118 valence electrons. The molecule has 1 saturated heterocycles. The molecule has 2 rings (SSSR count). The standard InChI is InChI=1S/C17H28BrN3/c1-14(2)12-19-13-15-11-16(18)5-6-17(15)21-8-4-7-20(3)9-10-21/h5-6,11,14,19H,4,7-10,12-13H2,1-3H3. The minimum atomic E-state index is 0.687. The predicted molar refractivity (Wildman–Crippen MR) is 95.0 cm³/mol. The zero-order valence-electron chi connectivity index (χ0n) is 13.5. The summed E-state index contributed by atoms with van der Waals surface area (Å²) in [4.78, 5) is 4.97. The van der Waals surface area contributed by atoms with E-state index in [1.165, 1.54) is 28.7 Å². The Labute approximate surface area is 137 Å². The molecule has 1 aromatic carbocycles. The van der Waals surface area contributed by atoms with Crippen LogP contribution in [0.15, 0.2) is 22.7 Å². The summed E-state index contributed by atoms with van der Waals surface area (Å²) in [6.07, 6.45) is 1.24. The summed E-state index contributed by atoms with van der Waals surface area (Å²) in [5, 5.41) is 3.57. The first-order valence-electron chi connectivity index (χ1n) is 7.99. The first-order chi connectivity index (χ1) is 10.1. The van der Waals surface area contributed by atoms with Crippen LogP contribution in [-0.4, -0.2) is 44.7 Å². The van der Waals surface area contributed by atoms with E-state index in [1.54, 1.807) is 0 Å². The molecule has 0 aliphatic carbocycles. The monoisotopic (exact) mass is 353 g/mol. The van der Waals surface area contributed by atoms with Gasteiger partial charge in [0.25, 0.3) is 0 Å². The van der Waals surface area contributed by atoms with Gasteiger partial charge in [0, 0.05) is 36.3 Å². The van der Waals surface area contributed by atoms with Gasteiger partial charge in [-0.05, 0) is 56.2 Å². The van der Waals surface area contributed by atoms with E-state index < -0.39 is 0 Å². The van der Waals surface area contributed by atoms with E-state index in [-0.39, 0.29) is 0 Å². The molecule has 1 aliphatic rings. The summed E-state index contributed by atoms with van der Waals surface area (Å²) in [7, 11) is 2.22. The molecule has 0 unspecified atom stereocenters. The highest BCUT2D eigenvalue weighted by molar-refractivity contribution is 9.10. The molecule has 0 spiro atoms. The van der Waals surface area contributed by atoms with Crippen molar-refractivity contribution in [3.05, 3.63) is 28.2 Å². The molecule has 0 atom stereocenters. The molecule has 0 bridgehead atoms. The summed E-state index contributed by atoms with van der Waals surface area (Å²) in [6, 6.07) is 6.69. The van der Waals surface area contributed by atoms with Gasteiger partial charge in [-0.3, -0.25) is 0 Å². The number of likely N-dealkylation sites (N-methyl/N-ethyl adjacent to an activating group) is 1. The molecule has 3 nitrogen and oxygen atoms in total. The van der Waals surface area contributed by atoms with E-state index in [9.17, 15) is 0 Å². The fraction of sp³-hybridized carbons (Fsp3) is 0.647. The molecule has 0 radical (unpaired) electrons. The average molecular weight is 354 g/mol. The van der Waals surface area contributed by atoms with Crippen LogP contribution in [0.4, 0.5) is 5.69 Å². The van der Waals surface area contributed by atoms with Crippen LogP contribution >= 0.6 is 15.9 Å². The summed E-state index contributed by atoms with van der Waals surface area (Å²) in [6.45, 7) is 11.1. The normalized spacial score (nSPS) is 17.3. The van der Waals surface area contributed by atoms with Gasteiger partial charge in [-0.15, -0.1) is 0 Å².